The van der Waals surface area contributed by atoms with Crippen LogP contribution in [0.5, 0.6) is 11.5 Å². The molecule has 1 atom stereocenters. The van der Waals surface area contributed by atoms with Crippen molar-refractivity contribution in [1.82, 2.24) is 39.9 Å². The number of nitrogens with zero attached hydrogens (tertiary/aromatic N) is 7. The molecule has 13 nitrogen and oxygen atoms in total. The minimum Gasteiger partial charge on any atom is -0.457 e. The third kappa shape index (κ3) is 6.15. The van der Waals surface area contributed by atoms with Crippen molar-refractivity contribution in [3.8, 4) is 22.8 Å². The molecule has 4 N–H and O–H groups in total. The zero-order chi connectivity index (χ0) is 30.8. The number of anilines is 2. The Morgan fingerprint density at radius 1 is 0.911 bits per heavy atom. The molecule has 5 heterocycles. The lowest BCUT2D eigenvalue weighted by Crippen LogP contribution is -2.47. The van der Waals surface area contributed by atoms with E-state index in [-0.39, 0.29) is 17.9 Å². The molecule has 45 heavy (non-hydrogen) atoms. The fourth-order valence-corrected chi connectivity index (χ4v) is 5.83. The largest absolute Gasteiger partial charge is 0.457 e. The Kier molecular flexibility index (Phi) is 7.74. The van der Waals surface area contributed by atoms with Crippen molar-refractivity contribution in [3.05, 3.63) is 79.0 Å². The van der Waals surface area contributed by atoms with Crippen molar-refractivity contribution >= 4 is 34.5 Å². The number of rotatable bonds is 8. The van der Waals surface area contributed by atoms with Gasteiger partial charge in [0, 0.05) is 31.6 Å². The van der Waals surface area contributed by atoms with E-state index < -0.39 is 6.04 Å². The van der Waals surface area contributed by atoms with Gasteiger partial charge in [-0.15, -0.1) is 0 Å². The van der Waals surface area contributed by atoms with Gasteiger partial charge in [-0.1, -0.05) is 18.2 Å². The molecule has 2 fully saturated rings. The molecular weight excluding hydrogens is 572 g/mol. The molecule has 2 aliphatic rings. The minimum atomic E-state index is -0.491. The molecule has 1 unspecified atom stereocenters. The zero-order valence-electron chi connectivity index (χ0n) is 24.5. The number of nitrogens with two attached hydrogens (primary N) is 1. The van der Waals surface area contributed by atoms with Gasteiger partial charge in [0.25, 0.3) is 0 Å². The normalized spacial score (nSPS) is 17.7. The van der Waals surface area contributed by atoms with Crippen LogP contribution in [0.3, 0.4) is 0 Å². The number of imide groups is 1. The molecule has 2 aliphatic heterocycles. The number of carbonyl (C=O) groups excluding carboxylic acids is 2. The third-order valence-electron chi connectivity index (χ3n) is 8.18. The second-order valence-electron chi connectivity index (χ2n) is 11.2. The van der Waals surface area contributed by atoms with Crippen LogP contribution in [0.1, 0.15) is 37.4 Å². The van der Waals surface area contributed by atoms with E-state index in [1.165, 1.54) is 6.33 Å². The van der Waals surface area contributed by atoms with Gasteiger partial charge in [-0.2, -0.15) is 5.10 Å². The van der Waals surface area contributed by atoms with E-state index in [0.29, 0.717) is 31.0 Å². The van der Waals surface area contributed by atoms with E-state index in [1.54, 1.807) is 12.4 Å². The molecule has 0 radical (unpaired) electrons. The summed E-state index contributed by atoms with van der Waals surface area (Å²) in [5.74, 6) is 1.83. The number of likely N-dealkylation sites (tertiary alicyclic amines) is 1. The Morgan fingerprint density at radius 3 is 2.42 bits per heavy atom. The molecule has 0 spiro atoms. The molecule has 3 aromatic heterocycles. The number of piperidine rings is 2. The highest BCUT2D eigenvalue weighted by atomic mass is 16.5. The lowest BCUT2D eigenvalue weighted by molar-refractivity contribution is -0.133. The van der Waals surface area contributed by atoms with Gasteiger partial charge in [-0.25, -0.2) is 19.6 Å². The van der Waals surface area contributed by atoms with Crippen LogP contribution in [0.4, 0.5) is 11.6 Å². The van der Waals surface area contributed by atoms with Crippen molar-refractivity contribution in [2.45, 2.75) is 44.3 Å². The molecule has 2 aromatic carbocycles. The number of aromatic nitrogens is 6. The highest BCUT2D eigenvalue weighted by Gasteiger charge is 2.28. The van der Waals surface area contributed by atoms with Crippen LogP contribution in [-0.4, -0.2) is 65.6 Å². The Hall–Kier alpha value is -5.43. The topological polar surface area (TPSA) is 166 Å². The Balaban J connectivity index is 1.01. The SMILES string of the molecule is Nc1ncnc2c1c(-c1ccc(Oc3ccccc3)cc1)nn2C1CCN(Cc2cnc(NC3CCC(=O)NC3=O)cn2)CC1. The summed E-state index contributed by atoms with van der Waals surface area (Å²) in [7, 11) is 0. The van der Waals surface area contributed by atoms with E-state index in [9.17, 15) is 9.59 Å². The lowest BCUT2D eigenvalue weighted by Gasteiger charge is -2.31. The van der Waals surface area contributed by atoms with E-state index >= 15 is 0 Å². The highest BCUT2D eigenvalue weighted by molar-refractivity contribution is 6.01. The van der Waals surface area contributed by atoms with Crippen molar-refractivity contribution in [2.24, 2.45) is 0 Å². The number of nitrogen functional groups attached to an aromatic ring is 1. The zero-order valence-corrected chi connectivity index (χ0v) is 24.5. The molecule has 0 aliphatic carbocycles. The molecular formula is C32H32N10O3. The number of amides is 2. The van der Waals surface area contributed by atoms with Crippen LogP contribution >= 0.6 is 0 Å². The van der Waals surface area contributed by atoms with E-state index in [0.717, 1.165) is 65.4 Å². The van der Waals surface area contributed by atoms with Gasteiger partial charge in [0.15, 0.2) is 5.65 Å². The van der Waals surface area contributed by atoms with Gasteiger partial charge < -0.3 is 15.8 Å². The molecule has 0 saturated carbocycles. The smallest absolute Gasteiger partial charge is 0.249 e. The maximum absolute atomic E-state index is 12.0. The molecule has 0 bridgehead atoms. The molecule has 13 heteroatoms. The predicted molar refractivity (Wildman–Crippen MR) is 167 cm³/mol. The van der Waals surface area contributed by atoms with Gasteiger partial charge in [0.1, 0.15) is 41.2 Å². The Labute approximate surface area is 258 Å². The second kappa shape index (κ2) is 12.3. The summed E-state index contributed by atoms with van der Waals surface area (Å²) in [5, 5.41) is 11.2. The van der Waals surface area contributed by atoms with Crippen LogP contribution in [0.15, 0.2) is 73.3 Å². The summed E-state index contributed by atoms with van der Waals surface area (Å²) in [6, 6.07) is 17.1. The average molecular weight is 605 g/mol. The van der Waals surface area contributed by atoms with Crippen molar-refractivity contribution in [2.75, 3.05) is 24.1 Å². The molecule has 5 aromatic rings. The number of benzene rings is 2. The van der Waals surface area contributed by atoms with Crippen LogP contribution in [0.25, 0.3) is 22.3 Å². The summed E-state index contributed by atoms with van der Waals surface area (Å²) in [5.41, 5.74) is 9.59. The van der Waals surface area contributed by atoms with Crippen LogP contribution in [0.2, 0.25) is 0 Å². The fourth-order valence-electron chi connectivity index (χ4n) is 5.83. The lowest BCUT2D eigenvalue weighted by atomic mass is 10.0. The average Bonchev–Trinajstić information content (AvgIpc) is 3.45. The number of carbonyl (C=O) groups is 2. The van der Waals surface area contributed by atoms with Crippen molar-refractivity contribution in [1.29, 1.82) is 0 Å². The first-order valence-electron chi connectivity index (χ1n) is 15.0. The highest BCUT2D eigenvalue weighted by Crippen LogP contribution is 2.35. The Bertz CT molecular complexity index is 1820. The van der Waals surface area contributed by atoms with Crippen molar-refractivity contribution < 1.29 is 14.3 Å². The van der Waals surface area contributed by atoms with Crippen LogP contribution in [0, 0.1) is 0 Å². The maximum Gasteiger partial charge on any atom is 0.249 e. The van der Waals surface area contributed by atoms with Crippen molar-refractivity contribution in [3.63, 3.8) is 0 Å². The van der Waals surface area contributed by atoms with Gasteiger partial charge in [0.2, 0.25) is 11.8 Å². The fraction of sp³-hybridized carbons (Fsp3) is 0.281. The summed E-state index contributed by atoms with van der Waals surface area (Å²) in [4.78, 5) is 43.6. The summed E-state index contributed by atoms with van der Waals surface area (Å²) < 4.78 is 7.96. The van der Waals surface area contributed by atoms with Crippen LogP contribution < -0.4 is 21.1 Å². The molecule has 2 saturated heterocycles. The Morgan fingerprint density at radius 2 is 1.69 bits per heavy atom. The van der Waals surface area contributed by atoms with E-state index in [4.69, 9.17) is 15.6 Å². The minimum absolute atomic E-state index is 0.152. The first kappa shape index (κ1) is 28.3. The van der Waals surface area contributed by atoms with Gasteiger partial charge in [-0.3, -0.25) is 24.8 Å². The standard InChI is InChI=1S/C32H32N10O3/c33-30-28-29(20-6-8-24(9-7-20)45-23-4-2-1-3-5-23)40-42(31(28)37-19-36-30)22-12-14-41(15-13-22)18-21-16-35-26(17-34-21)38-25-10-11-27(43)39-32(25)44/h1-9,16-17,19,22,25H,10-15,18H2,(H,35,38)(H2,33,36,37)(H,39,43,44). The first-order valence-corrected chi connectivity index (χ1v) is 15.0. The number of fused-ring (bicyclic) bond motifs is 1. The van der Waals surface area contributed by atoms with Gasteiger partial charge >= 0.3 is 0 Å². The molecule has 228 valence electrons. The molecule has 2 amide bonds. The van der Waals surface area contributed by atoms with E-state index in [2.05, 4.69) is 35.5 Å². The summed E-state index contributed by atoms with van der Waals surface area (Å²) in [6.45, 7) is 2.37. The van der Waals surface area contributed by atoms with E-state index in [1.807, 2.05) is 59.3 Å². The van der Waals surface area contributed by atoms with Gasteiger partial charge in [-0.05, 0) is 55.7 Å². The number of nitrogens with one attached hydrogen (secondary N) is 2. The number of hydrogen-bond acceptors (Lipinski definition) is 11. The third-order valence-corrected chi connectivity index (χ3v) is 8.18. The number of hydrogen-bond donors (Lipinski definition) is 3. The quantitative estimate of drug-likeness (QED) is 0.221. The monoisotopic (exact) mass is 604 g/mol. The van der Waals surface area contributed by atoms with Crippen LogP contribution in [-0.2, 0) is 16.1 Å². The predicted octanol–water partition coefficient (Wildman–Crippen LogP) is 3.71. The second-order valence-corrected chi connectivity index (χ2v) is 11.2. The number of ether oxygens (including phenoxy) is 1. The summed E-state index contributed by atoms with van der Waals surface area (Å²) >= 11 is 0. The van der Waals surface area contributed by atoms with Gasteiger partial charge in [0.05, 0.1) is 29.5 Å². The first-order chi connectivity index (χ1) is 22.0. The maximum atomic E-state index is 12.0. The summed E-state index contributed by atoms with van der Waals surface area (Å²) in [6.07, 6.45) is 7.35. The molecule has 7 rings (SSSR count). The number of para-hydroxylation sites is 1.